The molecule has 0 bridgehead atoms. The molecule has 164 valence electrons. The van der Waals surface area contributed by atoms with Gasteiger partial charge in [-0.2, -0.15) is 5.10 Å². The number of hydrogen-bond acceptors (Lipinski definition) is 4. The summed E-state index contributed by atoms with van der Waals surface area (Å²) < 4.78 is 1.54. The van der Waals surface area contributed by atoms with Crippen LogP contribution in [-0.4, -0.2) is 21.7 Å². The summed E-state index contributed by atoms with van der Waals surface area (Å²) in [6.07, 6.45) is 0. The van der Waals surface area contributed by atoms with E-state index in [0.29, 0.717) is 22.8 Å². The van der Waals surface area contributed by atoms with E-state index >= 15 is 0 Å². The Morgan fingerprint density at radius 1 is 0.727 bits per heavy atom. The Bertz CT molecular complexity index is 1350. The minimum Gasteiger partial charge on any atom is -0.320 e. The molecule has 1 heterocycles. The zero-order chi connectivity index (χ0) is 23.2. The third kappa shape index (κ3) is 5.31. The van der Waals surface area contributed by atoms with E-state index in [1.54, 1.807) is 48.0 Å². The number of aromatic nitrogens is 2. The third-order valence-corrected chi connectivity index (χ3v) is 4.73. The van der Waals surface area contributed by atoms with Crippen LogP contribution in [0.4, 0.5) is 21.9 Å². The second-order valence-corrected chi connectivity index (χ2v) is 7.23. The van der Waals surface area contributed by atoms with Crippen LogP contribution in [-0.2, 0) is 0 Å². The predicted octanol–water partition coefficient (Wildman–Crippen LogP) is 4.44. The Morgan fingerprint density at radius 3 is 2.00 bits per heavy atom. The molecule has 8 heteroatoms. The molecule has 0 saturated carbocycles. The maximum atomic E-state index is 12.8. The van der Waals surface area contributed by atoms with Crippen LogP contribution in [0.25, 0.3) is 5.69 Å². The third-order valence-electron chi connectivity index (χ3n) is 4.73. The topological polar surface area (TPSA) is 105 Å². The van der Waals surface area contributed by atoms with E-state index in [2.05, 4.69) is 21.0 Å². The van der Waals surface area contributed by atoms with Crippen LogP contribution in [0.3, 0.4) is 0 Å². The van der Waals surface area contributed by atoms with Gasteiger partial charge in [0, 0.05) is 28.8 Å². The number of aryl methyl sites for hydroxylation is 1. The first-order chi connectivity index (χ1) is 16.0. The Kier molecular flexibility index (Phi) is 6.26. The maximum Gasteiger partial charge on any atom is 0.323 e. The average Bonchev–Trinajstić information content (AvgIpc) is 2.80. The van der Waals surface area contributed by atoms with Crippen LogP contribution in [0.5, 0.6) is 0 Å². The molecule has 0 saturated heterocycles. The van der Waals surface area contributed by atoms with Gasteiger partial charge in [-0.3, -0.25) is 9.59 Å². The van der Waals surface area contributed by atoms with Crippen molar-refractivity contribution in [2.75, 3.05) is 16.0 Å². The minimum atomic E-state index is -0.643. The summed E-state index contributed by atoms with van der Waals surface area (Å²) in [5.41, 5.74) is 2.17. The van der Waals surface area contributed by atoms with Crippen LogP contribution in [0.1, 0.15) is 16.2 Å². The van der Waals surface area contributed by atoms with Crippen molar-refractivity contribution < 1.29 is 9.59 Å². The highest BCUT2D eigenvalue weighted by Gasteiger charge is 2.16. The summed E-state index contributed by atoms with van der Waals surface area (Å²) in [5.74, 6) is -0.643. The molecule has 8 nitrogen and oxygen atoms in total. The lowest BCUT2D eigenvalue weighted by molar-refractivity contribution is 0.101. The highest BCUT2D eigenvalue weighted by Crippen LogP contribution is 2.17. The van der Waals surface area contributed by atoms with Gasteiger partial charge in [0.15, 0.2) is 5.69 Å². The largest absolute Gasteiger partial charge is 0.323 e. The molecule has 4 aromatic rings. The fourth-order valence-corrected chi connectivity index (χ4v) is 3.22. The fourth-order valence-electron chi connectivity index (χ4n) is 3.22. The van der Waals surface area contributed by atoms with Gasteiger partial charge in [-0.15, -0.1) is 0 Å². The smallest absolute Gasteiger partial charge is 0.320 e. The Hall–Kier alpha value is -4.72. The lowest BCUT2D eigenvalue weighted by Crippen LogP contribution is -2.27. The lowest BCUT2D eigenvalue weighted by atomic mass is 10.2. The molecule has 3 aromatic carbocycles. The van der Waals surface area contributed by atoms with E-state index in [4.69, 9.17) is 0 Å². The number of benzene rings is 3. The maximum absolute atomic E-state index is 12.8. The van der Waals surface area contributed by atoms with Crippen molar-refractivity contribution in [3.63, 3.8) is 0 Å². The summed E-state index contributed by atoms with van der Waals surface area (Å²) >= 11 is 0. The second-order valence-electron chi connectivity index (χ2n) is 7.23. The molecule has 0 atom stereocenters. The highest BCUT2D eigenvalue weighted by atomic mass is 16.2. The first kappa shape index (κ1) is 21.5. The molecule has 0 spiro atoms. The van der Waals surface area contributed by atoms with Gasteiger partial charge in [0.2, 0.25) is 5.43 Å². The van der Waals surface area contributed by atoms with Crippen molar-refractivity contribution in [3.8, 4) is 5.69 Å². The Morgan fingerprint density at radius 2 is 1.30 bits per heavy atom. The number of carbonyl (C=O) groups is 2. The second kappa shape index (κ2) is 9.61. The molecule has 0 aliphatic heterocycles. The molecule has 0 aliphatic rings. The number of hydrogen-bond donors (Lipinski definition) is 3. The summed E-state index contributed by atoms with van der Waals surface area (Å²) in [4.78, 5) is 37.5. The monoisotopic (exact) mass is 439 g/mol. The number of anilines is 3. The van der Waals surface area contributed by atoms with Crippen LogP contribution in [0.2, 0.25) is 0 Å². The van der Waals surface area contributed by atoms with Gasteiger partial charge in [0.1, 0.15) is 0 Å². The number of nitrogens with one attached hydrogen (secondary N) is 3. The lowest BCUT2D eigenvalue weighted by Gasteiger charge is -2.12. The van der Waals surface area contributed by atoms with E-state index in [1.165, 1.54) is 6.07 Å². The zero-order valence-electron chi connectivity index (χ0n) is 17.8. The number of nitrogens with zero attached hydrogens (tertiary/aromatic N) is 2. The Balaban J connectivity index is 1.50. The molecular weight excluding hydrogens is 418 g/mol. The fraction of sp³-hybridized carbons (Fsp3) is 0.0400. The van der Waals surface area contributed by atoms with Gasteiger partial charge in [-0.25, -0.2) is 9.48 Å². The van der Waals surface area contributed by atoms with Gasteiger partial charge in [0.25, 0.3) is 5.91 Å². The Labute approximate surface area is 189 Å². The number of rotatable bonds is 5. The normalized spacial score (nSPS) is 10.3. The van der Waals surface area contributed by atoms with E-state index in [9.17, 15) is 14.4 Å². The van der Waals surface area contributed by atoms with Gasteiger partial charge in [0.05, 0.1) is 5.69 Å². The van der Waals surface area contributed by atoms with Crippen LogP contribution < -0.4 is 21.4 Å². The molecule has 0 aliphatic carbocycles. The number of amides is 3. The van der Waals surface area contributed by atoms with Crippen molar-refractivity contribution in [1.82, 2.24) is 9.78 Å². The summed E-state index contributed by atoms with van der Waals surface area (Å²) in [6, 6.07) is 25.8. The average molecular weight is 439 g/mol. The quantitative estimate of drug-likeness (QED) is 0.428. The standard InChI is InChI=1S/C25H21N5O3/c1-17-15-22(31)23(29-30(17)21-13-6-3-7-14-21)24(32)26-19-11-8-12-20(16-19)28-25(33)27-18-9-4-2-5-10-18/h2-16H,1H3,(H,26,32)(H2,27,28,33). The first-order valence-electron chi connectivity index (χ1n) is 10.2. The SMILES string of the molecule is Cc1cc(=O)c(C(=O)Nc2cccc(NC(=O)Nc3ccccc3)c2)nn1-c1ccccc1. The number of para-hydroxylation sites is 2. The first-order valence-corrected chi connectivity index (χ1v) is 10.2. The van der Waals surface area contributed by atoms with Crippen molar-refractivity contribution in [3.05, 3.63) is 113 Å². The van der Waals surface area contributed by atoms with E-state index in [1.807, 2.05) is 48.5 Å². The molecule has 33 heavy (non-hydrogen) atoms. The number of urea groups is 1. The highest BCUT2D eigenvalue weighted by molar-refractivity contribution is 6.04. The molecule has 1 aromatic heterocycles. The molecule has 3 amide bonds. The van der Waals surface area contributed by atoms with Crippen LogP contribution in [0.15, 0.2) is 95.8 Å². The molecule has 3 N–H and O–H groups in total. The van der Waals surface area contributed by atoms with Crippen LogP contribution in [0, 0.1) is 6.92 Å². The van der Waals surface area contributed by atoms with E-state index in [-0.39, 0.29) is 5.69 Å². The summed E-state index contributed by atoms with van der Waals surface area (Å²) in [5, 5.41) is 12.4. The van der Waals surface area contributed by atoms with Crippen molar-refractivity contribution in [2.45, 2.75) is 6.92 Å². The van der Waals surface area contributed by atoms with Crippen molar-refractivity contribution in [2.24, 2.45) is 0 Å². The zero-order valence-corrected chi connectivity index (χ0v) is 17.8. The predicted molar refractivity (Wildman–Crippen MR) is 128 cm³/mol. The van der Waals surface area contributed by atoms with Gasteiger partial charge < -0.3 is 16.0 Å². The molecular formula is C25H21N5O3. The summed E-state index contributed by atoms with van der Waals surface area (Å²) in [7, 11) is 0. The molecule has 0 fully saturated rings. The van der Waals surface area contributed by atoms with Crippen LogP contribution >= 0.6 is 0 Å². The minimum absolute atomic E-state index is 0.232. The van der Waals surface area contributed by atoms with Crippen molar-refractivity contribution in [1.29, 1.82) is 0 Å². The van der Waals surface area contributed by atoms with Crippen molar-refractivity contribution >= 4 is 29.0 Å². The number of carbonyl (C=O) groups excluding carboxylic acids is 2. The van der Waals surface area contributed by atoms with Gasteiger partial charge >= 0.3 is 6.03 Å². The molecule has 0 unspecified atom stereocenters. The molecule has 4 rings (SSSR count). The van der Waals surface area contributed by atoms with Gasteiger partial charge in [-0.1, -0.05) is 42.5 Å². The van der Waals surface area contributed by atoms with Gasteiger partial charge in [-0.05, 0) is 49.4 Å². The van der Waals surface area contributed by atoms with E-state index in [0.717, 1.165) is 5.69 Å². The molecule has 0 radical (unpaired) electrons. The summed E-state index contributed by atoms with van der Waals surface area (Å²) in [6.45, 7) is 1.75. The van der Waals surface area contributed by atoms with E-state index < -0.39 is 17.4 Å².